The predicted molar refractivity (Wildman–Crippen MR) is 128 cm³/mol. The molecule has 4 rings (SSSR count). The van der Waals surface area contributed by atoms with Crippen molar-refractivity contribution in [2.45, 2.75) is 12.8 Å². The first-order chi connectivity index (χ1) is 16.1. The predicted octanol–water partition coefficient (Wildman–Crippen LogP) is 3.12. The summed E-state index contributed by atoms with van der Waals surface area (Å²) in [6.07, 6.45) is 1.52. The molecule has 1 saturated heterocycles. The number of nitrogens with zero attached hydrogens (tertiary/aromatic N) is 3. The van der Waals surface area contributed by atoms with Crippen molar-refractivity contribution >= 4 is 17.4 Å². The first kappa shape index (κ1) is 22.7. The Kier molecular flexibility index (Phi) is 7.49. The summed E-state index contributed by atoms with van der Waals surface area (Å²) in [7, 11) is 0. The van der Waals surface area contributed by atoms with E-state index in [1.54, 1.807) is 0 Å². The number of guanidine groups is 1. The molecule has 1 fully saturated rings. The van der Waals surface area contributed by atoms with E-state index in [4.69, 9.17) is 15.0 Å². The summed E-state index contributed by atoms with van der Waals surface area (Å²) in [5, 5.41) is 7.28. The number of ether oxygens (including phenoxy) is 1. The second-order valence-electron chi connectivity index (χ2n) is 8.00. The van der Waals surface area contributed by atoms with Gasteiger partial charge in [0.15, 0.2) is 11.7 Å². The number of morpholine rings is 1. The van der Waals surface area contributed by atoms with Gasteiger partial charge >= 0.3 is 0 Å². The average molecular weight is 448 g/mol. The number of rotatable bonds is 8. The number of ketones is 1. The molecule has 3 aromatic rings. The molecule has 3 N–H and O–H groups in total. The van der Waals surface area contributed by atoms with Crippen LogP contribution in [0.2, 0.25) is 0 Å². The summed E-state index contributed by atoms with van der Waals surface area (Å²) in [6.45, 7) is 6.81. The van der Waals surface area contributed by atoms with Gasteiger partial charge in [-0.05, 0) is 11.6 Å². The molecule has 0 spiro atoms. The van der Waals surface area contributed by atoms with Crippen LogP contribution >= 0.6 is 0 Å². The minimum absolute atomic E-state index is 0.0141. The van der Waals surface area contributed by atoms with E-state index in [-0.39, 0.29) is 11.7 Å². The molecule has 8 heteroatoms. The quantitative estimate of drug-likeness (QED) is 0.310. The van der Waals surface area contributed by atoms with Crippen molar-refractivity contribution in [1.82, 2.24) is 10.1 Å². The van der Waals surface area contributed by atoms with Crippen LogP contribution in [0.4, 0.5) is 5.69 Å². The second kappa shape index (κ2) is 10.9. The molecule has 0 radical (unpaired) electrons. The van der Waals surface area contributed by atoms with Gasteiger partial charge in [-0.15, -0.1) is 0 Å². The summed E-state index contributed by atoms with van der Waals surface area (Å²) < 4.78 is 10.6. The molecule has 2 aromatic carbocycles. The molecular formula is C25H29N5O3. The third kappa shape index (κ3) is 5.85. The minimum atomic E-state index is -0.115. The van der Waals surface area contributed by atoms with E-state index in [0.717, 1.165) is 38.4 Å². The van der Waals surface area contributed by atoms with E-state index in [0.29, 0.717) is 35.0 Å². The number of benzene rings is 2. The molecule has 0 aliphatic carbocycles. The summed E-state index contributed by atoms with van der Waals surface area (Å²) in [5.74, 6) is 0.184. The second-order valence-corrected chi connectivity index (χ2v) is 8.00. The van der Waals surface area contributed by atoms with Crippen molar-refractivity contribution in [2.75, 3.05) is 44.7 Å². The van der Waals surface area contributed by atoms with Crippen molar-refractivity contribution in [3.8, 4) is 0 Å². The van der Waals surface area contributed by atoms with E-state index in [1.807, 2.05) is 61.5 Å². The van der Waals surface area contributed by atoms with Gasteiger partial charge in [0, 0.05) is 36.7 Å². The summed E-state index contributed by atoms with van der Waals surface area (Å²) >= 11 is 0. The highest BCUT2D eigenvalue weighted by Crippen LogP contribution is 2.29. The van der Waals surface area contributed by atoms with Gasteiger partial charge in [0.05, 0.1) is 19.8 Å². The van der Waals surface area contributed by atoms with Gasteiger partial charge < -0.3 is 20.3 Å². The normalized spacial score (nSPS) is 15.8. The highest BCUT2D eigenvalue weighted by atomic mass is 16.5. The molecule has 8 nitrogen and oxygen atoms in total. The van der Waals surface area contributed by atoms with Crippen LogP contribution in [0.5, 0.6) is 0 Å². The van der Waals surface area contributed by atoms with E-state index >= 15 is 0 Å². The molecule has 0 amide bonds. The molecule has 1 atom stereocenters. The third-order valence-corrected chi connectivity index (χ3v) is 5.76. The van der Waals surface area contributed by atoms with E-state index in [2.05, 4.69) is 20.4 Å². The molecule has 2 heterocycles. The number of hydrogen-bond donors (Lipinski definition) is 2. The average Bonchev–Trinajstić information content (AvgIpc) is 3.32. The summed E-state index contributed by atoms with van der Waals surface area (Å²) in [6, 6.07) is 16.8. The maximum Gasteiger partial charge on any atom is 0.193 e. The number of carbonyl (C=O) groups is 1. The van der Waals surface area contributed by atoms with Crippen molar-refractivity contribution in [1.29, 1.82) is 0 Å². The van der Waals surface area contributed by atoms with Crippen LogP contribution in [0.3, 0.4) is 0 Å². The van der Waals surface area contributed by atoms with Crippen molar-refractivity contribution in [2.24, 2.45) is 10.7 Å². The van der Waals surface area contributed by atoms with Crippen molar-refractivity contribution < 1.29 is 14.1 Å². The molecule has 1 aliphatic rings. The highest BCUT2D eigenvalue weighted by Gasteiger charge is 2.19. The number of nitrogens with one attached hydrogen (secondary N) is 1. The zero-order valence-corrected chi connectivity index (χ0v) is 18.7. The Labute approximate surface area is 193 Å². The topological polar surface area (TPSA) is 106 Å². The van der Waals surface area contributed by atoms with Crippen LogP contribution in [-0.4, -0.2) is 61.2 Å². The summed E-state index contributed by atoms with van der Waals surface area (Å²) in [5.41, 5.74) is 9.71. The zero-order chi connectivity index (χ0) is 23.0. The number of aliphatic imine (C=N–C) groups is 1. The molecule has 0 saturated carbocycles. The molecule has 1 aliphatic heterocycles. The Hall–Kier alpha value is -3.49. The summed E-state index contributed by atoms with van der Waals surface area (Å²) in [4.78, 5) is 19.6. The Balaban J connectivity index is 1.42. The molecular weight excluding hydrogens is 418 g/mol. The fourth-order valence-corrected chi connectivity index (χ4v) is 3.83. The lowest BCUT2D eigenvalue weighted by Gasteiger charge is -2.25. The molecule has 0 bridgehead atoms. The minimum Gasteiger partial charge on any atom is -0.379 e. The van der Waals surface area contributed by atoms with Gasteiger partial charge in [-0.1, -0.05) is 60.6 Å². The molecule has 33 heavy (non-hydrogen) atoms. The maximum absolute atomic E-state index is 12.8. The molecule has 1 aromatic heterocycles. The molecule has 172 valence electrons. The van der Waals surface area contributed by atoms with Crippen LogP contribution in [0.1, 0.15) is 40.0 Å². The number of aromatic nitrogens is 1. The van der Waals surface area contributed by atoms with Crippen LogP contribution in [-0.2, 0) is 4.74 Å². The Morgan fingerprint density at radius 1 is 1.15 bits per heavy atom. The number of carbonyl (C=O) groups excluding carboxylic acids is 1. The first-order valence-electron chi connectivity index (χ1n) is 11.1. The maximum atomic E-state index is 12.8. The smallest absolute Gasteiger partial charge is 0.193 e. The van der Waals surface area contributed by atoms with Crippen LogP contribution in [0.25, 0.3) is 0 Å². The van der Waals surface area contributed by atoms with Crippen LogP contribution < -0.4 is 11.1 Å². The van der Waals surface area contributed by atoms with E-state index in [1.165, 1.54) is 6.26 Å². The SMILES string of the molecule is CC(c1cccc(C(=O)c2ccccc2)c1)c1nocc1NC(N)=NCCN1CCOCC1. The Bertz CT molecular complexity index is 1090. The van der Waals surface area contributed by atoms with Gasteiger partial charge in [-0.2, -0.15) is 0 Å². The number of anilines is 1. The fourth-order valence-electron chi connectivity index (χ4n) is 3.83. The van der Waals surface area contributed by atoms with E-state index < -0.39 is 0 Å². The Morgan fingerprint density at radius 2 is 1.91 bits per heavy atom. The Morgan fingerprint density at radius 3 is 2.70 bits per heavy atom. The van der Waals surface area contributed by atoms with Crippen molar-refractivity contribution in [3.63, 3.8) is 0 Å². The van der Waals surface area contributed by atoms with Crippen LogP contribution in [0, 0.1) is 0 Å². The highest BCUT2D eigenvalue weighted by molar-refractivity contribution is 6.09. The monoisotopic (exact) mass is 447 g/mol. The number of nitrogens with two attached hydrogens (primary N) is 1. The lowest BCUT2D eigenvalue weighted by Crippen LogP contribution is -2.38. The van der Waals surface area contributed by atoms with E-state index in [9.17, 15) is 4.79 Å². The zero-order valence-electron chi connectivity index (χ0n) is 18.7. The van der Waals surface area contributed by atoms with Gasteiger partial charge in [0.2, 0.25) is 0 Å². The molecule has 1 unspecified atom stereocenters. The van der Waals surface area contributed by atoms with Gasteiger partial charge in [0.25, 0.3) is 0 Å². The number of hydrogen-bond acceptors (Lipinski definition) is 6. The van der Waals surface area contributed by atoms with Gasteiger partial charge in [-0.25, -0.2) is 0 Å². The fraction of sp³-hybridized carbons (Fsp3) is 0.320. The van der Waals surface area contributed by atoms with Gasteiger partial charge in [0.1, 0.15) is 17.6 Å². The largest absolute Gasteiger partial charge is 0.379 e. The van der Waals surface area contributed by atoms with Crippen molar-refractivity contribution in [3.05, 3.63) is 83.2 Å². The first-order valence-corrected chi connectivity index (χ1v) is 11.1. The third-order valence-electron chi connectivity index (χ3n) is 5.76. The lowest BCUT2D eigenvalue weighted by atomic mass is 9.93. The van der Waals surface area contributed by atoms with Crippen LogP contribution in [0.15, 0.2) is 70.4 Å². The lowest BCUT2D eigenvalue weighted by molar-refractivity contribution is 0.0394. The van der Waals surface area contributed by atoms with Gasteiger partial charge in [-0.3, -0.25) is 14.7 Å². The standard InChI is InChI=1S/C25H29N5O3/c1-18(20-8-5-9-21(16-20)24(31)19-6-3-2-4-7-19)23-22(17-33-29-23)28-25(26)27-10-11-30-12-14-32-15-13-30/h2-9,16-18H,10-15H2,1H3,(H3,26,27,28).